The fourth-order valence-corrected chi connectivity index (χ4v) is 1.73. The van der Waals surface area contributed by atoms with E-state index in [1.165, 1.54) is 0 Å². The van der Waals surface area contributed by atoms with Gasteiger partial charge in [0.2, 0.25) is 0 Å². The zero-order valence-electron chi connectivity index (χ0n) is 9.62. The summed E-state index contributed by atoms with van der Waals surface area (Å²) in [6.07, 6.45) is 2.05. The van der Waals surface area contributed by atoms with Crippen LogP contribution in [-0.2, 0) is 6.54 Å². The van der Waals surface area contributed by atoms with Gasteiger partial charge in [-0.3, -0.25) is 14.7 Å². The van der Waals surface area contributed by atoms with Gasteiger partial charge in [0.1, 0.15) is 6.20 Å². The first-order valence-electron chi connectivity index (χ1n) is 5.22. The van der Waals surface area contributed by atoms with Crippen molar-refractivity contribution >= 4 is 23.0 Å². The third kappa shape index (κ3) is 2.89. The maximum Gasteiger partial charge on any atom is 0.348 e. The summed E-state index contributed by atoms with van der Waals surface area (Å²) in [6, 6.07) is 4.83. The molecule has 0 saturated carbocycles. The second kappa shape index (κ2) is 5.07. The van der Waals surface area contributed by atoms with Crippen LogP contribution in [0.5, 0.6) is 0 Å². The number of aromatic nitrogens is 2. The highest BCUT2D eigenvalue weighted by atomic mass is 35.5. The lowest BCUT2D eigenvalue weighted by Gasteiger charge is -2.07. The van der Waals surface area contributed by atoms with E-state index in [-0.39, 0.29) is 12.2 Å². The van der Waals surface area contributed by atoms with Crippen LogP contribution in [0.2, 0.25) is 5.02 Å². The van der Waals surface area contributed by atoms with Crippen molar-refractivity contribution in [3.8, 4) is 0 Å². The van der Waals surface area contributed by atoms with Crippen LogP contribution < -0.4 is 11.4 Å². The summed E-state index contributed by atoms with van der Waals surface area (Å²) >= 11 is 5.77. The Hall–Kier alpha value is -2.41. The molecule has 0 bridgehead atoms. The molecule has 0 aliphatic carbocycles. The van der Waals surface area contributed by atoms with E-state index >= 15 is 0 Å². The molecule has 2 aromatic rings. The average Bonchev–Trinajstić information content (AvgIpc) is 2.34. The second-order valence-electron chi connectivity index (χ2n) is 3.82. The Morgan fingerprint density at radius 3 is 2.84 bits per heavy atom. The van der Waals surface area contributed by atoms with Crippen LogP contribution in [0, 0.1) is 10.1 Å². The van der Waals surface area contributed by atoms with Crippen LogP contribution in [0.15, 0.2) is 35.4 Å². The van der Waals surface area contributed by atoms with Gasteiger partial charge >= 0.3 is 11.4 Å². The van der Waals surface area contributed by atoms with Crippen molar-refractivity contribution in [2.75, 3.05) is 5.73 Å². The molecule has 8 heteroatoms. The predicted octanol–water partition coefficient (Wildman–Crippen LogP) is 1.44. The minimum Gasteiger partial charge on any atom is -0.398 e. The highest BCUT2D eigenvalue weighted by Crippen LogP contribution is 2.18. The molecule has 98 valence electrons. The van der Waals surface area contributed by atoms with Crippen molar-refractivity contribution in [1.29, 1.82) is 0 Å². The van der Waals surface area contributed by atoms with Crippen LogP contribution in [0.1, 0.15) is 5.56 Å². The normalized spacial score (nSPS) is 10.4. The minimum absolute atomic E-state index is 0.0938. The second-order valence-corrected chi connectivity index (χ2v) is 4.26. The molecule has 0 fully saturated rings. The number of hydrogen-bond acceptors (Lipinski definition) is 5. The van der Waals surface area contributed by atoms with Gasteiger partial charge in [0.15, 0.2) is 0 Å². The molecule has 0 amide bonds. The lowest BCUT2D eigenvalue weighted by molar-refractivity contribution is -0.385. The van der Waals surface area contributed by atoms with E-state index in [1.54, 1.807) is 18.2 Å². The van der Waals surface area contributed by atoms with Crippen molar-refractivity contribution < 1.29 is 4.92 Å². The maximum atomic E-state index is 11.5. The molecule has 0 saturated heterocycles. The Labute approximate surface area is 112 Å². The predicted molar refractivity (Wildman–Crippen MR) is 70.1 cm³/mol. The molecule has 0 spiro atoms. The zero-order valence-corrected chi connectivity index (χ0v) is 10.4. The molecule has 2 rings (SSSR count). The number of anilines is 1. The molecule has 19 heavy (non-hydrogen) atoms. The van der Waals surface area contributed by atoms with Gasteiger partial charge in [-0.1, -0.05) is 17.7 Å². The first kappa shape index (κ1) is 13.0. The Balaban J connectivity index is 2.40. The lowest BCUT2D eigenvalue weighted by Crippen LogP contribution is -2.23. The van der Waals surface area contributed by atoms with Crippen LogP contribution in [0.25, 0.3) is 0 Å². The summed E-state index contributed by atoms with van der Waals surface area (Å²) in [5.41, 5.74) is 5.96. The Morgan fingerprint density at radius 1 is 1.47 bits per heavy atom. The molecular formula is C11H9ClN4O3. The third-order valence-electron chi connectivity index (χ3n) is 2.50. The number of hydrogen-bond donors (Lipinski definition) is 1. The van der Waals surface area contributed by atoms with E-state index in [0.717, 1.165) is 17.0 Å². The van der Waals surface area contributed by atoms with Gasteiger partial charge in [0.25, 0.3) is 0 Å². The van der Waals surface area contributed by atoms with Crippen LogP contribution in [-0.4, -0.2) is 14.5 Å². The van der Waals surface area contributed by atoms with Gasteiger partial charge in [-0.2, -0.15) is 4.98 Å². The monoisotopic (exact) mass is 280 g/mol. The third-order valence-corrected chi connectivity index (χ3v) is 2.74. The van der Waals surface area contributed by atoms with Crippen LogP contribution >= 0.6 is 11.6 Å². The quantitative estimate of drug-likeness (QED) is 0.520. The Morgan fingerprint density at radius 2 is 2.21 bits per heavy atom. The molecule has 0 radical (unpaired) electrons. The van der Waals surface area contributed by atoms with E-state index in [1.807, 2.05) is 0 Å². The largest absolute Gasteiger partial charge is 0.398 e. The molecule has 7 nitrogen and oxygen atoms in total. The maximum absolute atomic E-state index is 11.5. The number of nitrogens with zero attached hydrogens (tertiary/aromatic N) is 3. The van der Waals surface area contributed by atoms with Gasteiger partial charge < -0.3 is 5.73 Å². The molecule has 0 atom stereocenters. The average molecular weight is 281 g/mol. The first-order chi connectivity index (χ1) is 8.97. The highest BCUT2D eigenvalue weighted by Gasteiger charge is 2.10. The highest BCUT2D eigenvalue weighted by molar-refractivity contribution is 6.30. The van der Waals surface area contributed by atoms with E-state index in [4.69, 9.17) is 17.3 Å². The van der Waals surface area contributed by atoms with E-state index in [2.05, 4.69) is 4.98 Å². The number of halogens is 1. The van der Waals surface area contributed by atoms with Crippen molar-refractivity contribution in [3.63, 3.8) is 0 Å². The SMILES string of the molecule is Nc1cc(Cl)ccc1Cn1cc([N+](=O)[O-])cnc1=O. The molecular weight excluding hydrogens is 272 g/mol. The summed E-state index contributed by atoms with van der Waals surface area (Å²) in [6.45, 7) is 0.0938. The standard InChI is InChI=1S/C11H9ClN4O3/c12-8-2-1-7(10(13)3-8)5-15-6-9(16(18)19)4-14-11(15)17/h1-4,6H,5,13H2. The topological polar surface area (TPSA) is 104 Å². The number of nitro groups is 1. The molecule has 2 N–H and O–H groups in total. The molecule has 1 aromatic carbocycles. The lowest BCUT2D eigenvalue weighted by atomic mass is 10.2. The van der Waals surface area contributed by atoms with Gasteiger partial charge in [-0.15, -0.1) is 0 Å². The van der Waals surface area contributed by atoms with E-state index in [0.29, 0.717) is 16.3 Å². The van der Waals surface area contributed by atoms with Gasteiger partial charge in [0, 0.05) is 10.7 Å². The van der Waals surface area contributed by atoms with E-state index in [9.17, 15) is 14.9 Å². The first-order valence-corrected chi connectivity index (χ1v) is 5.60. The van der Waals surface area contributed by atoms with Crippen molar-refractivity contribution in [3.05, 3.63) is 61.8 Å². The summed E-state index contributed by atoms with van der Waals surface area (Å²) < 4.78 is 1.12. The molecule has 0 aliphatic rings. The summed E-state index contributed by atoms with van der Waals surface area (Å²) in [5, 5.41) is 11.1. The van der Waals surface area contributed by atoms with Gasteiger partial charge in [-0.05, 0) is 17.7 Å². The minimum atomic E-state index is -0.617. The molecule has 1 heterocycles. The van der Waals surface area contributed by atoms with E-state index < -0.39 is 10.6 Å². The van der Waals surface area contributed by atoms with Crippen molar-refractivity contribution in [1.82, 2.24) is 9.55 Å². The summed E-state index contributed by atoms with van der Waals surface area (Å²) in [5.74, 6) is 0. The Bertz CT molecular complexity index is 699. The fraction of sp³-hybridized carbons (Fsp3) is 0.0909. The number of benzene rings is 1. The van der Waals surface area contributed by atoms with Crippen molar-refractivity contribution in [2.45, 2.75) is 6.54 Å². The molecule has 1 aromatic heterocycles. The van der Waals surface area contributed by atoms with Gasteiger partial charge in [0.05, 0.1) is 17.7 Å². The fourth-order valence-electron chi connectivity index (χ4n) is 1.54. The Kier molecular flexibility index (Phi) is 3.48. The van der Waals surface area contributed by atoms with Gasteiger partial charge in [-0.25, -0.2) is 4.79 Å². The van der Waals surface area contributed by atoms with Crippen molar-refractivity contribution in [2.24, 2.45) is 0 Å². The zero-order chi connectivity index (χ0) is 14.0. The smallest absolute Gasteiger partial charge is 0.348 e. The summed E-state index contributed by atoms with van der Waals surface area (Å²) in [4.78, 5) is 25.0. The molecule has 0 unspecified atom stereocenters. The molecule has 0 aliphatic heterocycles. The number of nitrogens with two attached hydrogens (primary N) is 1. The van der Waals surface area contributed by atoms with Crippen LogP contribution in [0.3, 0.4) is 0 Å². The summed E-state index contributed by atoms with van der Waals surface area (Å²) in [7, 11) is 0. The van der Waals surface area contributed by atoms with Crippen LogP contribution in [0.4, 0.5) is 11.4 Å². The number of rotatable bonds is 3. The number of nitrogen functional groups attached to an aromatic ring is 1.